The third-order valence-electron chi connectivity index (χ3n) is 7.03. The molecule has 1 saturated carbocycles. The smallest absolute Gasteiger partial charge is 0.159 e. The van der Waals surface area contributed by atoms with Crippen molar-refractivity contribution in [2.24, 2.45) is 5.41 Å². The van der Waals surface area contributed by atoms with Gasteiger partial charge in [0.15, 0.2) is 11.6 Å². The molecule has 2 heteroatoms. The summed E-state index contributed by atoms with van der Waals surface area (Å²) < 4.78 is 27.4. The van der Waals surface area contributed by atoms with Gasteiger partial charge in [0.25, 0.3) is 0 Å². The zero-order valence-electron chi connectivity index (χ0n) is 17.0. The molecule has 1 fully saturated rings. The molecule has 3 rings (SSSR count). The van der Waals surface area contributed by atoms with Gasteiger partial charge in [0.2, 0.25) is 0 Å². The Morgan fingerprint density at radius 3 is 2.44 bits per heavy atom. The van der Waals surface area contributed by atoms with E-state index in [1.54, 1.807) is 0 Å². The summed E-state index contributed by atoms with van der Waals surface area (Å²) >= 11 is 0. The van der Waals surface area contributed by atoms with Crippen LogP contribution in [-0.4, -0.2) is 0 Å². The van der Waals surface area contributed by atoms with E-state index < -0.39 is 11.6 Å². The molecular formula is C25H36F2. The van der Waals surface area contributed by atoms with Gasteiger partial charge in [0, 0.05) is 0 Å². The van der Waals surface area contributed by atoms with Crippen molar-refractivity contribution in [2.75, 3.05) is 0 Å². The first-order chi connectivity index (χ1) is 13.1. The van der Waals surface area contributed by atoms with Crippen molar-refractivity contribution in [3.8, 4) is 0 Å². The number of rotatable bonds is 8. The molecule has 2 aliphatic rings. The third kappa shape index (κ3) is 5.65. The molecule has 27 heavy (non-hydrogen) atoms. The fraction of sp³-hybridized carbons (Fsp3) is 0.680. The minimum absolute atomic E-state index is 0.320. The van der Waals surface area contributed by atoms with Gasteiger partial charge in [0.1, 0.15) is 0 Å². The fourth-order valence-corrected chi connectivity index (χ4v) is 5.50. The highest BCUT2D eigenvalue weighted by atomic mass is 19.2. The maximum Gasteiger partial charge on any atom is 0.159 e. The van der Waals surface area contributed by atoms with Crippen LogP contribution in [0.4, 0.5) is 8.78 Å². The maximum absolute atomic E-state index is 13.9. The van der Waals surface area contributed by atoms with E-state index >= 15 is 0 Å². The zero-order chi connectivity index (χ0) is 19.1. The van der Waals surface area contributed by atoms with Crippen LogP contribution >= 0.6 is 0 Å². The Balaban J connectivity index is 1.75. The van der Waals surface area contributed by atoms with Crippen LogP contribution in [0.2, 0.25) is 0 Å². The van der Waals surface area contributed by atoms with Gasteiger partial charge < -0.3 is 0 Å². The van der Waals surface area contributed by atoms with E-state index in [2.05, 4.69) is 13.0 Å². The van der Waals surface area contributed by atoms with Gasteiger partial charge in [0.05, 0.1) is 0 Å². The van der Waals surface area contributed by atoms with E-state index in [1.807, 2.05) is 6.07 Å². The Morgan fingerprint density at radius 2 is 1.78 bits per heavy atom. The Bertz CT molecular complexity index is 620. The van der Waals surface area contributed by atoms with E-state index in [-0.39, 0.29) is 0 Å². The summed E-state index contributed by atoms with van der Waals surface area (Å²) in [4.78, 5) is 0. The molecule has 1 atom stereocenters. The van der Waals surface area contributed by atoms with Gasteiger partial charge >= 0.3 is 0 Å². The normalized spacial score (nSPS) is 20.9. The minimum Gasteiger partial charge on any atom is -0.204 e. The molecule has 0 N–H and O–H groups in total. The number of allylic oxidation sites excluding steroid dienone is 2. The predicted molar refractivity (Wildman–Crippen MR) is 110 cm³/mol. The second-order valence-corrected chi connectivity index (χ2v) is 9.03. The molecule has 0 aromatic heterocycles. The van der Waals surface area contributed by atoms with Crippen LogP contribution in [0.25, 0.3) is 0 Å². The molecule has 0 heterocycles. The molecule has 0 aliphatic heterocycles. The zero-order valence-corrected chi connectivity index (χ0v) is 17.0. The van der Waals surface area contributed by atoms with Gasteiger partial charge in [-0.1, -0.05) is 50.3 Å². The standard InChI is InChI=1S/C25H36F2/c1-2-14-25(15-7-4-8-16-25)17-13-22(18-20-9-5-3-6-10-20)21-11-12-23(26)24(27)19-21/h9,11-12,19,22H,2-8,10,13-18H2,1H3. The number of hydrogen-bond acceptors (Lipinski definition) is 0. The molecule has 0 nitrogen and oxygen atoms in total. The fourth-order valence-electron chi connectivity index (χ4n) is 5.50. The minimum atomic E-state index is -0.732. The topological polar surface area (TPSA) is 0 Å². The first kappa shape index (κ1) is 20.6. The molecule has 1 aromatic rings. The Hall–Kier alpha value is -1.18. The second kappa shape index (κ2) is 9.85. The molecule has 150 valence electrons. The van der Waals surface area contributed by atoms with Crippen molar-refractivity contribution in [3.05, 3.63) is 47.0 Å². The SMILES string of the molecule is CCCC1(CCC(CC2=CCCCC2)c2ccc(F)c(F)c2)CCCCC1. The van der Waals surface area contributed by atoms with Crippen LogP contribution in [0.5, 0.6) is 0 Å². The Kier molecular flexibility index (Phi) is 7.49. The van der Waals surface area contributed by atoms with E-state index in [0.717, 1.165) is 18.4 Å². The van der Waals surface area contributed by atoms with Crippen molar-refractivity contribution in [2.45, 2.75) is 103 Å². The number of halogens is 2. The van der Waals surface area contributed by atoms with Gasteiger partial charge in [-0.15, -0.1) is 0 Å². The van der Waals surface area contributed by atoms with E-state index in [4.69, 9.17) is 0 Å². The van der Waals surface area contributed by atoms with Crippen molar-refractivity contribution in [1.29, 1.82) is 0 Å². The molecular weight excluding hydrogens is 338 g/mol. The van der Waals surface area contributed by atoms with Gasteiger partial charge in [-0.25, -0.2) is 8.78 Å². The second-order valence-electron chi connectivity index (χ2n) is 9.03. The van der Waals surface area contributed by atoms with Gasteiger partial charge in [-0.2, -0.15) is 0 Å². The summed E-state index contributed by atoms with van der Waals surface area (Å²) in [5, 5.41) is 0. The van der Waals surface area contributed by atoms with Crippen molar-refractivity contribution >= 4 is 0 Å². The van der Waals surface area contributed by atoms with Crippen LogP contribution in [-0.2, 0) is 0 Å². The average Bonchev–Trinajstić information content (AvgIpc) is 2.69. The average molecular weight is 375 g/mol. The highest BCUT2D eigenvalue weighted by molar-refractivity contribution is 5.24. The summed E-state index contributed by atoms with van der Waals surface area (Å²) in [5.41, 5.74) is 3.01. The molecule has 1 aromatic carbocycles. The van der Waals surface area contributed by atoms with Crippen LogP contribution in [0.3, 0.4) is 0 Å². The van der Waals surface area contributed by atoms with Crippen LogP contribution < -0.4 is 0 Å². The molecule has 0 bridgehead atoms. The van der Waals surface area contributed by atoms with Crippen molar-refractivity contribution in [1.82, 2.24) is 0 Å². The lowest BCUT2D eigenvalue weighted by atomic mass is 9.67. The predicted octanol–water partition coefficient (Wildman–Crippen LogP) is 8.47. The summed E-state index contributed by atoms with van der Waals surface area (Å²) in [6.45, 7) is 2.30. The molecule has 0 spiro atoms. The molecule has 2 aliphatic carbocycles. The molecule has 0 saturated heterocycles. The van der Waals surface area contributed by atoms with E-state index in [0.29, 0.717) is 11.3 Å². The molecule has 1 unspecified atom stereocenters. The lowest BCUT2D eigenvalue weighted by molar-refractivity contribution is 0.147. The van der Waals surface area contributed by atoms with Crippen molar-refractivity contribution < 1.29 is 8.78 Å². The Labute approximate surface area is 164 Å². The Morgan fingerprint density at radius 1 is 0.963 bits per heavy atom. The summed E-state index contributed by atoms with van der Waals surface area (Å²) in [7, 11) is 0. The van der Waals surface area contributed by atoms with Crippen LogP contribution in [0.15, 0.2) is 29.8 Å². The monoisotopic (exact) mass is 374 g/mol. The highest BCUT2D eigenvalue weighted by Gasteiger charge is 2.32. The molecule has 0 radical (unpaired) electrons. The van der Waals surface area contributed by atoms with E-state index in [9.17, 15) is 8.78 Å². The number of benzene rings is 1. The summed E-state index contributed by atoms with van der Waals surface area (Å²) in [5.74, 6) is -1.11. The van der Waals surface area contributed by atoms with Crippen LogP contribution in [0.1, 0.15) is 108 Å². The quantitative estimate of drug-likeness (QED) is 0.400. The van der Waals surface area contributed by atoms with Crippen LogP contribution in [0, 0.1) is 17.0 Å². The first-order valence-electron chi connectivity index (χ1n) is 11.2. The molecule has 0 amide bonds. The lowest BCUT2D eigenvalue weighted by Gasteiger charge is -2.38. The van der Waals surface area contributed by atoms with Gasteiger partial charge in [-0.05, 0) is 93.2 Å². The largest absolute Gasteiger partial charge is 0.204 e. The lowest BCUT2D eigenvalue weighted by Crippen LogP contribution is -2.25. The third-order valence-corrected chi connectivity index (χ3v) is 7.03. The van der Waals surface area contributed by atoms with Crippen molar-refractivity contribution in [3.63, 3.8) is 0 Å². The van der Waals surface area contributed by atoms with E-state index in [1.165, 1.54) is 94.8 Å². The summed E-state index contributed by atoms with van der Waals surface area (Å²) in [6.07, 6.45) is 20.1. The number of hydrogen-bond donors (Lipinski definition) is 0. The summed E-state index contributed by atoms with van der Waals surface area (Å²) in [6, 6.07) is 4.59. The first-order valence-corrected chi connectivity index (χ1v) is 11.2. The maximum atomic E-state index is 13.9. The van der Waals surface area contributed by atoms with Gasteiger partial charge in [-0.3, -0.25) is 0 Å². The highest BCUT2D eigenvalue weighted by Crippen LogP contribution is 2.46.